The van der Waals surface area contributed by atoms with E-state index in [4.69, 9.17) is 14.2 Å². The molecular formula is C31H35N3O4. The molecule has 198 valence electrons. The summed E-state index contributed by atoms with van der Waals surface area (Å²) in [5.74, 6) is 1.43. The Morgan fingerprint density at radius 1 is 1.03 bits per heavy atom. The van der Waals surface area contributed by atoms with Crippen molar-refractivity contribution in [3.05, 3.63) is 95.7 Å². The molecule has 1 amide bonds. The Labute approximate surface area is 223 Å². The second-order valence-corrected chi connectivity index (χ2v) is 9.56. The van der Waals surface area contributed by atoms with Crippen molar-refractivity contribution in [2.24, 2.45) is 0 Å². The van der Waals surface area contributed by atoms with E-state index in [9.17, 15) is 4.79 Å². The lowest BCUT2D eigenvalue weighted by molar-refractivity contribution is -0.121. The molecule has 0 aliphatic carbocycles. The highest BCUT2D eigenvalue weighted by atomic mass is 16.5. The fraction of sp³-hybridized carbons (Fsp3) is 0.323. The average Bonchev–Trinajstić information content (AvgIpc) is 3.39. The number of methoxy groups -OCH3 is 1. The standard InChI is InChI=1S/C31H35N3O4/c1-36-25-10-11-30-28(19-25)29(21-33-30)27(20-31(35)32-12-13-34-14-16-37-17-15-34)24-8-5-9-26(18-24)38-22-23-6-3-2-4-7-23/h2-11,18-19,21,27,33H,12-17,20,22H2,1H3,(H,32,35). The first-order valence-electron chi connectivity index (χ1n) is 13.2. The number of hydrogen-bond donors (Lipinski definition) is 2. The summed E-state index contributed by atoms with van der Waals surface area (Å²) < 4.78 is 17.0. The molecule has 0 spiro atoms. The summed E-state index contributed by atoms with van der Waals surface area (Å²) in [5.41, 5.74) is 4.21. The number of nitrogens with zero attached hydrogens (tertiary/aromatic N) is 1. The van der Waals surface area contributed by atoms with Gasteiger partial charge in [-0.1, -0.05) is 42.5 Å². The van der Waals surface area contributed by atoms with Crippen LogP contribution in [0.5, 0.6) is 11.5 Å². The van der Waals surface area contributed by atoms with Gasteiger partial charge in [0.2, 0.25) is 5.91 Å². The Morgan fingerprint density at radius 2 is 1.87 bits per heavy atom. The number of carbonyl (C=O) groups excluding carboxylic acids is 1. The summed E-state index contributed by atoms with van der Waals surface area (Å²) >= 11 is 0. The van der Waals surface area contributed by atoms with Gasteiger partial charge in [-0.15, -0.1) is 0 Å². The van der Waals surface area contributed by atoms with Crippen LogP contribution in [0.2, 0.25) is 0 Å². The molecule has 4 aromatic rings. The molecular weight excluding hydrogens is 478 g/mol. The van der Waals surface area contributed by atoms with E-state index in [0.29, 0.717) is 19.6 Å². The third-order valence-corrected chi connectivity index (χ3v) is 7.05. The SMILES string of the molecule is COc1ccc2[nH]cc(C(CC(=O)NCCN3CCOCC3)c3cccc(OCc4ccccc4)c3)c2c1. The zero-order valence-electron chi connectivity index (χ0n) is 21.8. The Morgan fingerprint density at radius 3 is 2.68 bits per heavy atom. The molecule has 1 atom stereocenters. The van der Waals surface area contributed by atoms with E-state index in [0.717, 1.165) is 71.9 Å². The first-order chi connectivity index (χ1) is 18.7. The highest BCUT2D eigenvalue weighted by Crippen LogP contribution is 2.36. The first kappa shape index (κ1) is 25.8. The van der Waals surface area contributed by atoms with Crippen LogP contribution in [0.15, 0.2) is 79.0 Å². The molecule has 7 heteroatoms. The number of aromatic nitrogens is 1. The minimum Gasteiger partial charge on any atom is -0.497 e. The minimum atomic E-state index is -0.153. The molecule has 7 nitrogen and oxygen atoms in total. The second kappa shape index (κ2) is 12.6. The second-order valence-electron chi connectivity index (χ2n) is 9.56. The predicted octanol–water partition coefficient (Wildman–Crippen LogP) is 4.73. The van der Waals surface area contributed by atoms with Crippen molar-refractivity contribution >= 4 is 16.8 Å². The molecule has 38 heavy (non-hydrogen) atoms. The van der Waals surface area contributed by atoms with Gasteiger partial charge in [-0.25, -0.2) is 0 Å². The van der Waals surface area contributed by atoms with Gasteiger partial charge in [0.1, 0.15) is 18.1 Å². The van der Waals surface area contributed by atoms with Crippen molar-refractivity contribution in [1.29, 1.82) is 0 Å². The van der Waals surface area contributed by atoms with Crippen LogP contribution in [0.25, 0.3) is 10.9 Å². The molecule has 0 bridgehead atoms. The third-order valence-electron chi connectivity index (χ3n) is 7.05. The van der Waals surface area contributed by atoms with E-state index in [1.807, 2.05) is 72.9 Å². The number of amides is 1. The Kier molecular flexibility index (Phi) is 8.58. The van der Waals surface area contributed by atoms with E-state index in [1.165, 1.54) is 0 Å². The Balaban J connectivity index is 1.36. The quantitative estimate of drug-likeness (QED) is 0.303. The largest absolute Gasteiger partial charge is 0.497 e. The molecule has 2 heterocycles. The molecule has 1 aromatic heterocycles. The van der Waals surface area contributed by atoms with Crippen molar-refractivity contribution in [1.82, 2.24) is 15.2 Å². The van der Waals surface area contributed by atoms with Gasteiger partial charge in [0.25, 0.3) is 0 Å². The lowest BCUT2D eigenvalue weighted by Crippen LogP contribution is -2.41. The Hall–Kier alpha value is -3.81. The van der Waals surface area contributed by atoms with E-state index < -0.39 is 0 Å². The van der Waals surface area contributed by atoms with Crippen molar-refractivity contribution in [2.75, 3.05) is 46.5 Å². The number of fused-ring (bicyclic) bond motifs is 1. The Bertz CT molecular complexity index is 1330. The fourth-order valence-electron chi connectivity index (χ4n) is 4.94. The maximum Gasteiger partial charge on any atom is 0.220 e. The predicted molar refractivity (Wildman–Crippen MR) is 149 cm³/mol. The monoisotopic (exact) mass is 513 g/mol. The number of nitrogens with one attached hydrogen (secondary N) is 2. The number of carbonyl (C=O) groups is 1. The van der Waals surface area contributed by atoms with Crippen molar-refractivity contribution < 1.29 is 19.0 Å². The van der Waals surface area contributed by atoms with E-state index in [2.05, 4.69) is 21.3 Å². The average molecular weight is 514 g/mol. The summed E-state index contributed by atoms with van der Waals surface area (Å²) in [6.07, 6.45) is 2.34. The molecule has 1 unspecified atom stereocenters. The van der Waals surface area contributed by atoms with Crippen LogP contribution >= 0.6 is 0 Å². The maximum absolute atomic E-state index is 13.2. The van der Waals surface area contributed by atoms with Crippen LogP contribution in [-0.4, -0.2) is 62.3 Å². The highest BCUT2D eigenvalue weighted by Gasteiger charge is 2.23. The van der Waals surface area contributed by atoms with Gasteiger partial charge >= 0.3 is 0 Å². The van der Waals surface area contributed by atoms with Crippen molar-refractivity contribution in [3.8, 4) is 11.5 Å². The molecule has 0 saturated carbocycles. The van der Waals surface area contributed by atoms with Gasteiger partial charge in [0, 0.05) is 55.6 Å². The molecule has 1 fully saturated rings. The van der Waals surface area contributed by atoms with Gasteiger partial charge in [0.05, 0.1) is 20.3 Å². The molecule has 5 rings (SSSR count). The third kappa shape index (κ3) is 6.54. The zero-order chi connectivity index (χ0) is 26.2. The van der Waals surface area contributed by atoms with Crippen molar-refractivity contribution in [3.63, 3.8) is 0 Å². The van der Waals surface area contributed by atoms with Gasteiger partial charge in [-0.2, -0.15) is 0 Å². The maximum atomic E-state index is 13.2. The lowest BCUT2D eigenvalue weighted by Gasteiger charge is -2.26. The lowest BCUT2D eigenvalue weighted by atomic mass is 9.87. The van der Waals surface area contributed by atoms with Gasteiger partial charge in [-0.05, 0) is 47.0 Å². The fourth-order valence-corrected chi connectivity index (χ4v) is 4.94. The molecule has 0 radical (unpaired) electrons. The summed E-state index contributed by atoms with van der Waals surface area (Å²) in [6, 6.07) is 24.2. The van der Waals surface area contributed by atoms with Crippen molar-refractivity contribution in [2.45, 2.75) is 18.9 Å². The number of benzene rings is 3. The number of hydrogen-bond acceptors (Lipinski definition) is 5. The summed E-state index contributed by atoms with van der Waals surface area (Å²) in [6.45, 7) is 5.25. The van der Waals surface area contributed by atoms with E-state index >= 15 is 0 Å². The topological polar surface area (TPSA) is 75.8 Å². The zero-order valence-corrected chi connectivity index (χ0v) is 21.8. The number of H-pyrrole nitrogens is 1. The van der Waals surface area contributed by atoms with Crippen LogP contribution in [0, 0.1) is 0 Å². The van der Waals surface area contributed by atoms with Crippen LogP contribution in [-0.2, 0) is 16.1 Å². The van der Waals surface area contributed by atoms with Crippen LogP contribution in [0.3, 0.4) is 0 Å². The summed E-state index contributed by atoms with van der Waals surface area (Å²) in [4.78, 5) is 18.9. The molecule has 1 aliphatic heterocycles. The van der Waals surface area contributed by atoms with Gasteiger partial charge in [-0.3, -0.25) is 9.69 Å². The van der Waals surface area contributed by atoms with Crippen LogP contribution in [0.4, 0.5) is 0 Å². The molecule has 1 saturated heterocycles. The van der Waals surface area contributed by atoms with Gasteiger partial charge in [0.15, 0.2) is 0 Å². The normalized spacial score (nSPS) is 14.8. The number of rotatable bonds is 11. The number of morpholine rings is 1. The highest BCUT2D eigenvalue weighted by molar-refractivity contribution is 5.87. The summed E-state index contributed by atoms with van der Waals surface area (Å²) in [5, 5.41) is 4.18. The van der Waals surface area contributed by atoms with Gasteiger partial charge < -0.3 is 24.5 Å². The smallest absolute Gasteiger partial charge is 0.220 e. The summed E-state index contributed by atoms with van der Waals surface area (Å²) in [7, 11) is 1.67. The van der Waals surface area contributed by atoms with E-state index in [-0.39, 0.29) is 11.8 Å². The minimum absolute atomic E-state index is 0.0242. The van der Waals surface area contributed by atoms with Crippen LogP contribution in [0.1, 0.15) is 29.0 Å². The molecule has 1 aliphatic rings. The molecule has 2 N–H and O–H groups in total. The number of ether oxygens (including phenoxy) is 3. The first-order valence-corrected chi connectivity index (χ1v) is 13.2. The van der Waals surface area contributed by atoms with Crippen LogP contribution < -0.4 is 14.8 Å². The number of aromatic amines is 1. The molecule has 3 aromatic carbocycles. The van der Waals surface area contributed by atoms with E-state index in [1.54, 1.807) is 7.11 Å².